The molecule has 0 aromatic heterocycles. The van der Waals surface area contributed by atoms with Gasteiger partial charge in [-0.15, -0.1) is 0 Å². The van der Waals surface area contributed by atoms with E-state index in [0.29, 0.717) is 22.9 Å². The number of carbonyl (C=O) groups is 1. The van der Waals surface area contributed by atoms with E-state index in [1.54, 1.807) is 42.5 Å². The van der Waals surface area contributed by atoms with Gasteiger partial charge in [0.1, 0.15) is 5.75 Å². The van der Waals surface area contributed by atoms with Crippen LogP contribution < -0.4 is 14.4 Å². The number of ether oxygens (including phenoxy) is 1. The number of hydrogen-bond acceptors (Lipinski definition) is 4. The van der Waals surface area contributed by atoms with Gasteiger partial charge in [0.25, 0.3) is 15.9 Å². The number of para-hydroxylation sites is 2. The third kappa shape index (κ3) is 3.10. The largest absolute Gasteiger partial charge is 0.454 e. The van der Waals surface area contributed by atoms with Gasteiger partial charge in [-0.3, -0.25) is 9.10 Å². The molecule has 28 heavy (non-hydrogen) atoms. The minimum absolute atomic E-state index is 0.0139. The molecule has 7 heteroatoms. The summed E-state index contributed by atoms with van der Waals surface area (Å²) in [7, 11) is -2.36. The number of amides is 1. The first-order valence-electron chi connectivity index (χ1n) is 8.64. The van der Waals surface area contributed by atoms with Gasteiger partial charge in [-0.1, -0.05) is 24.3 Å². The molecule has 0 radical (unpaired) electrons. The second-order valence-corrected chi connectivity index (χ2v) is 8.49. The van der Waals surface area contributed by atoms with E-state index in [4.69, 9.17) is 4.74 Å². The van der Waals surface area contributed by atoms with Crippen molar-refractivity contribution in [1.29, 1.82) is 0 Å². The number of benzene rings is 3. The summed E-state index contributed by atoms with van der Waals surface area (Å²) in [6.07, 6.45) is 0. The maximum atomic E-state index is 13.1. The minimum Gasteiger partial charge on any atom is -0.454 e. The maximum absolute atomic E-state index is 13.1. The van der Waals surface area contributed by atoms with Crippen LogP contribution in [0, 0.1) is 6.92 Å². The maximum Gasteiger partial charge on any atom is 0.264 e. The average molecular weight is 394 g/mol. The first-order chi connectivity index (χ1) is 13.4. The summed E-state index contributed by atoms with van der Waals surface area (Å²) < 4.78 is 33.2. The van der Waals surface area contributed by atoms with E-state index in [2.05, 4.69) is 5.32 Å². The lowest BCUT2D eigenvalue weighted by Crippen LogP contribution is -2.27. The van der Waals surface area contributed by atoms with Crippen molar-refractivity contribution in [3.8, 4) is 11.5 Å². The molecule has 1 aliphatic heterocycles. The molecule has 1 heterocycles. The SMILES string of the molecule is Cc1cccc(N(C)S(=O)(=O)c2ccc3c(c2)C(=O)Nc2ccccc2O3)c1. The molecule has 0 fully saturated rings. The molecule has 0 unspecified atom stereocenters. The van der Waals surface area contributed by atoms with Crippen LogP contribution in [-0.4, -0.2) is 21.4 Å². The molecule has 3 aromatic rings. The minimum atomic E-state index is -3.85. The number of sulfonamides is 1. The number of hydrogen-bond donors (Lipinski definition) is 1. The summed E-state index contributed by atoms with van der Waals surface area (Å²) in [6.45, 7) is 1.89. The number of anilines is 2. The van der Waals surface area contributed by atoms with Crippen LogP contribution in [0.3, 0.4) is 0 Å². The van der Waals surface area contributed by atoms with E-state index in [0.717, 1.165) is 5.56 Å². The smallest absolute Gasteiger partial charge is 0.264 e. The molecule has 0 aliphatic carbocycles. The summed E-state index contributed by atoms with van der Waals surface area (Å²) >= 11 is 0. The van der Waals surface area contributed by atoms with Crippen molar-refractivity contribution >= 4 is 27.3 Å². The van der Waals surface area contributed by atoms with E-state index in [9.17, 15) is 13.2 Å². The van der Waals surface area contributed by atoms with Crippen molar-refractivity contribution in [1.82, 2.24) is 0 Å². The van der Waals surface area contributed by atoms with Gasteiger partial charge in [-0.05, 0) is 55.0 Å². The van der Waals surface area contributed by atoms with Crippen LogP contribution in [0.25, 0.3) is 0 Å². The van der Waals surface area contributed by atoms with Gasteiger partial charge in [-0.25, -0.2) is 8.42 Å². The van der Waals surface area contributed by atoms with Crippen LogP contribution in [0.1, 0.15) is 15.9 Å². The van der Waals surface area contributed by atoms with Crippen molar-refractivity contribution < 1.29 is 17.9 Å². The fourth-order valence-electron chi connectivity index (χ4n) is 3.02. The number of aryl methyl sites for hydroxylation is 1. The van der Waals surface area contributed by atoms with Crippen LogP contribution >= 0.6 is 0 Å². The Bertz CT molecular complexity index is 1190. The Labute approximate surface area is 163 Å². The zero-order valence-electron chi connectivity index (χ0n) is 15.3. The third-order valence-electron chi connectivity index (χ3n) is 4.57. The molecule has 0 bridgehead atoms. The summed E-state index contributed by atoms with van der Waals surface area (Å²) in [4.78, 5) is 12.6. The number of rotatable bonds is 3. The van der Waals surface area contributed by atoms with Crippen LogP contribution in [0.15, 0.2) is 71.6 Å². The predicted molar refractivity (Wildman–Crippen MR) is 108 cm³/mol. The molecular formula is C21H18N2O4S. The Kier molecular flexibility index (Phi) is 4.31. The lowest BCUT2D eigenvalue weighted by Gasteiger charge is -2.20. The molecule has 1 amide bonds. The van der Waals surface area contributed by atoms with Gasteiger partial charge >= 0.3 is 0 Å². The highest BCUT2D eigenvalue weighted by molar-refractivity contribution is 7.92. The Morgan fingerprint density at radius 1 is 0.929 bits per heavy atom. The topological polar surface area (TPSA) is 75.7 Å². The molecule has 1 aliphatic rings. The van der Waals surface area contributed by atoms with Crippen molar-refractivity contribution in [2.24, 2.45) is 0 Å². The number of nitrogens with one attached hydrogen (secondary N) is 1. The van der Waals surface area contributed by atoms with E-state index in [-0.39, 0.29) is 10.5 Å². The van der Waals surface area contributed by atoms with Gasteiger partial charge in [-0.2, -0.15) is 0 Å². The van der Waals surface area contributed by atoms with E-state index < -0.39 is 15.9 Å². The zero-order chi connectivity index (χ0) is 19.9. The monoisotopic (exact) mass is 394 g/mol. The quantitative estimate of drug-likeness (QED) is 0.723. The lowest BCUT2D eigenvalue weighted by molar-refractivity contribution is 0.102. The van der Waals surface area contributed by atoms with E-state index in [1.165, 1.54) is 29.6 Å². The Morgan fingerprint density at radius 3 is 2.50 bits per heavy atom. The number of nitrogens with zero attached hydrogens (tertiary/aromatic N) is 1. The molecule has 0 saturated carbocycles. The van der Waals surface area contributed by atoms with Crippen LogP contribution in [-0.2, 0) is 10.0 Å². The fourth-order valence-corrected chi connectivity index (χ4v) is 4.24. The second-order valence-electron chi connectivity index (χ2n) is 6.52. The summed E-state index contributed by atoms with van der Waals surface area (Å²) in [6, 6.07) is 18.5. The normalized spacial score (nSPS) is 12.9. The molecule has 1 N–H and O–H groups in total. The average Bonchev–Trinajstić information content (AvgIpc) is 2.82. The molecule has 0 atom stereocenters. The summed E-state index contributed by atoms with van der Waals surface area (Å²) in [5.74, 6) is 0.386. The third-order valence-corrected chi connectivity index (χ3v) is 6.36. The van der Waals surface area contributed by atoms with Crippen LogP contribution in [0.2, 0.25) is 0 Å². The molecule has 0 spiro atoms. The van der Waals surface area contributed by atoms with Crippen molar-refractivity contribution in [3.05, 3.63) is 77.9 Å². The van der Waals surface area contributed by atoms with Gasteiger partial charge in [0.2, 0.25) is 0 Å². The molecule has 0 saturated heterocycles. The fraction of sp³-hybridized carbons (Fsp3) is 0.0952. The van der Waals surface area contributed by atoms with Gasteiger partial charge in [0.05, 0.1) is 21.8 Å². The number of carbonyl (C=O) groups excluding carboxylic acids is 1. The summed E-state index contributed by atoms with van der Waals surface area (Å²) in [5, 5.41) is 2.75. The summed E-state index contributed by atoms with van der Waals surface area (Å²) in [5.41, 5.74) is 2.19. The highest BCUT2D eigenvalue weighted by Crippen LogP contribution is 2.36. The second kappa shape index (κ2) is 6.69. The highest BCUT2D eigenvalue weighted by Gasteiger charge is 2.26. The first-order valence-corrected chi connectivity index (χ1v) is 10.1. The molecule has 6 nitrogen and oxygen atoms in total. The van der Waals surface area contributed by atoms with Crippen LogP contribution in [0.4, 0.5) is 11.4 Å². The molecule has 142 valence electrons. The predicted octanol–water partition coefficient (Wildman–Crippen LogP) is 4.18. The van der Waals surface area contributed by atoms with Gasteiger partial charge < -0.3 is 10.1 Å². The van der Waals surface area contributed by atoms with Crippen LogP contribution in [0.5, 0.6) is 11.5 Å². The standard InChI is InChI=1S/C21H18N2O4S/c1-14-6-5-7-15(12-14)23(2)28(25,26)16-10-11-19-17(13-16)21(24)22-18-8-3-4-9-20(18)27-19/h3-13H,1-2H3,(H,22,24). The van der Waals surface area contributed by atoms with Gasteiger partial charge in [0.15, 0.2) is 5.75 Å². The highest BCUT2D eigenvalue weighted by atomic mass is 32.2. The molecule has 3 aromatic carbocycles. The number of fused-ring (bicyclic) bond motifs is 2. The lowest BCUT2D eigenvalue weighted by atomic mass is 10.2. The zero-order valence-corrected chi connectivity index (χ0v) is 16.2. The van der Waals surface area contributed by atoms with Crippen molar-refractivity contribution in [3.63, 3.8) is 0 Å². The van der Waals surface area contributed by atoms with Crippen molar-refractivity contribution in [2.45, 2.75) is 11.8 Å². The van der Waals surface area contributed by atoms with Gasteiger partial charge in [0, 0.05) is 7.05 Å². The molecule has 4 rings (SSSR count). The molecular weight excluding hydrogens is 376 g/mol. The van der Waals surface area contributed by atoms with E-state index >= 15 is 0 Å². The Hall–Kier alpha value is -3.32. The Morgan fingerprint density at radius 2 is 1.71 bits per heavy atom. The van der Waals surface area contributed by atoms with Crippen molar-refractivity contribution in [2.75, 3.05) is 16.7 Å². The Balaban J connectivity index is 1.75. The van der Waals surface area contributed by atoms with E-state index in [1.807, 2.05) is 13.0 Å². The first kappa shape index (κ1) is 18.1.